The Morgan fingerprint density at radius 2 is 2.07 bits per heavy atom. The van der Waals surface area contributed by atoms with Crippen LogP contribution in [0.3, 0.4) is 0 Å². The highest BCUT2D eigenvalue weighted by Gasteiger charge is 2.29. The zero-order chi connectivity index (χ0) is 10.3. The van der Waals surface area contributed by atoms with E-state index in [1.165, 1.54) is 19.3 Å². The molecule has 3 heteroatoms. The Kier molecular flexibility index (Phi) is 1.91. The van der Waals surface area contributed by atoms with Crippen LogP contribution in [0, 0.1) is 5.92 Å². The van der Waals surface area contributed by atoms with E-state index in [1.807, 2.05) is 18.2 Å². The predicted octanol–water partition coefficient (Wildman–Crippen LogP) is 1.94. The van der Waals surface area contributed by atoms with Gasteiger partial charge in [0, 0.05) is 11.3 Å². The first-order valence-electron chi connectivity index (χ1n) is 5.54. The lowest BCUT2D eigenvalue weighted by atomic mass is 9.82. The average molecular weight is 201 g/mol. The number of anilines is 1. The second-order valence-corrected chi connectivity index (χ2v) is 4.34. The molecule has 78 valence electrons. The third-order valence-electron chi connectivity index (χ3n) is 3.38. The van der Waals surface area contributed by atoms with Crippen molar-refractivity contribution in [3.8, 4) is 0 Å². The van der Waals surface area contributed by atoms with Crippen molar-refractivity contribution in [2.24, 2.45) is 16.6 Å². The average Bonchev–Trinajstić information content (AvgIpc) is 2.15. The van der Waals surface area contributed by atoms with Gasteiger partial charge >= 0.3 is 0 Å². The SMILES string of the molecule is NC1=NC(C2CCC2)Nc2ccccc21. The molecule has 15 heavy (non-hydrogen) atoms. The number of nitrogens with zero attached hydrogens (tertiary/aromatic N) is 1. The van der Waals surface area contributed by atoms with Gasteiger partial charge in [0.1, 0.15) is 12.0 Å². The normalized spacial score (nSPS) is 24.8. The number of amidine groups is 1. The molecule has 1 aliphatic heterocycles. The van der Waals surface area contributed by atoms with Crippen molar-refractivity contribution >= 4 is 11.5 Å². The van der Waals surface area contributed by atoms with E-state index in [2.05, 4.69) is 16.4 Å². The lowest BCUT2D eigenvalue weighted by molar-refractivity contribution is 0.278. The summed E-state index contributed by atoms with van der Waals surface area (Å²) in [6.45, 7) is 0. The summed E-state index contributed by atoms with van der Waals surface area (Å²) in [5, 5.41) is 3.46. The van der Waals surface area contributed by atoms with Crippen molar-refractivity contribution < 1.29 is 0 Å². The van der Waals surface area contributed by atoms with Gasteiger partial charge in [-0.2, -0.15) is 0 Å². The number of rotatable bonds is 1. The molecule has 1 aromatic rings. The van der Waals surface area contributed by atoms with Crippen LogP contribution in [0.4, 0.5) is 5.69 Å². The monoisotopic (exact) mass is 201 g/mol. The van der Waals surface area contributed by atoms with E-state index in [0.717, 1.165) is 11.3 Å². The number of para-hydroxylation sites is 1. The number of nitrogens with two attached hydrogens (primary N) is 1. The fourth-order valence-electron chi connectivity index (χ4n) is 2.22. The Balaban J connectivity index is 1.93. The number of nitrogens with one attached hydrogen (secondary N) is 1. The van der Waals surface area contributed by atoms with Crippen molar-refractivity contribution in [3.05, 3.63) is 29.8 Å². The molecular formula is C12H15N3. The van der Waals surface area contributed by atoms with E-state index in [-0.39, 0.29) is 6.17 Å². The molecule has 0 saturated heterocycles. The Labute approximate surface area is 89.4 Å². The summed E-state index contributed by atoms with van der Waals surface area (Å²) in [5.74, 6) is 1.36. The summed E-state index contributed by atoms with van der Waals surface area (Å²) in [5.41, 5.74) is 8.13. The molecule has 1 unspecified atom stereocenters. The largest absolute Gasteiger partial charge is 0.383 e. The van der Waals surface area contributed by atoms with Gasteiger partial charge in [-0.15, -0.1) is 0 Å². The maximum Gasteiger partial charge on any atom is 0.130 e. The van der Waals surface area contributed by atoms with Crippen molar-refractivity contribution in [2.75, 3.05) is 5.32 Å². The van der Waals surface area contributed by atoms with Crippen LogP contribution >= 0.6 is 0 Å². The van der Waals surface area contributed by atoms with Crippen LogP contribution in [-0.2, 0) is 0 Å². The molecule has 1 atom stereocenters. The summed E-state index contributed by atoms with van der Waals surface area (Å²) in [4.78, 5) is 4.53. The van der Waals surface area contributed by atoms with Gasteiger partial charge in [0.15, 0.2) is 0 Å². The molecule has 1 saturated carbocycles. The number of benzene rings is 1. The molecule has 2 aliphatic rings. The molecule has 0 bridgehead atoms. The first-order chi connectivity index (χ1) is 7.34. The van der Waals surface area contributed by atoms with Crippen LogP contribution in [-0.4, -0.2) is 12.0 Å². The van der Waals surface area contributed by atoms with Gasteiger partial charge in [-0.05, 0) is 30.9 Å². The number of hydrogen-bond acceptors (Lipinski definition) is 3. The molecule has 0 radical (unpaired) electrons. The topological polar surface area (TPSA) is 50.4 Å². The maximum atomic E-state index is 5.96. The second-order valence-electron chi connectivity index (χ2n) is 4.34. The summed E-state index contributed by atoms with van der Waals surface area (Å²) in [6.07, 6.45) is 4.08. The van der Waals surface area contributed by atoms with Crippen molar-refractivity contribution in [2.45, 2.75) is 25.4 Å². The molecule has 3 N–H and O–H groups in total. The van der Waals surface area contributed by atoms with Crippen molar-refractivity contribution in [1.82, 2.24) is 0 Å². The fourth-order valence-corrected chi connectivity index (χ4v) is 2.22. The smallest absolute Gasteiger partial charge is 0.130 e. The molecular weight excluding hydrogens is 186 g/mol. The van der Waals surface area contributed by atoms with Crippen LogP contribution in [0.15, 0.2) is 29.3 Å². The van der Waals surface area contributed by atoms with E-state index in [4.69, 9.17) is 5.73 Å². The standard InChI is InChI=1S/C12H15N3/c13-11-9-6-1-2-7-10(9)14-12(15-11)8-4-3-5-8/h1-2,6-8,12,14H,3-5H2,(H2,13,15). The Morgan fingerprint density at radius 1 is 1.27 bits per heavy atom. The minimum atomic E-state index is 0.202. The van der Waals surface area contributed by atoms with Crippen LogP contribution in [0.5, 0.6) is 0 Å². The highest BCUT2D eigenvalue weighted by Crippen LogP contribution is 2.34. The minimum Gasteiger partial charge on any atom is -0.383 e. The quantitative estimate of drug-likeness (QED) is 0.729. The number of aliphatic imine (C=N–C) groups is 1. The Bertz CT molecular complexity index is 407. The van der Waals surface area contributed by atoms with Gasteiger partial charge in [0.25, 0.3) is 0 Å². The maximum absolute atomic E-state index is 5.96. The second kappa shape index (κ2) is 3.26. The van der Waals surface area contributed by atoms with E-state index < -0.39 is 0 Å². The molecule has 0 amide bonds. The fraction of sp³-hybridized carbons (Fsp3) is 0.417. The van der Waals surface area contributed by atoms with Gasteiger partial charge in [0.05, 0.1) is 0 Å². The highest BCUT2D eigenvalue weighted by molar-refractivity contribution is 6.03. The summed E-state index contributed by atoms with van der Waals surface area (Å²) >= 11 is 0. The molecule has 3 rings (SSSR count). The lowest BCUT2D eigenvalue weighted by Crippen LogP contribution is -2.37. The summed E-state index contributed by atoms with van der Waals surface area (Å²) < 4.78 is 0. The van der Waals surface area contributed by atoms with Gasteiger partial charge in [-0.25, -0.2) is 4.99 Å². The first kappa shape index (κ1) is 8.77. The van der Waals surface area contributed by atoms with Gasteiger partial charge in [-0.3, -0.25) is 0 Å². The van der Waals surface area contributed by atoms with Crippen molar-refractivity contribution in [1.29, 1.82) is 0 Å². The van der Waals surface area contributed by atoms with E-state index in [9.17, 15) is 0 Å². The lowest BCUT2D eigenvalue weighted by Gasteiger charge is -2.35. The molecule has 1 aromatic carbocycles. The van der Waals surface area contributed by atoms with Crippen molar-refractivity contribution in [3.63, 3.8) is 0 Å². The highest BCUT2D eigenvalue weighted by atomic mass is 15.1. The number of hydrogen-bond donors (Lipinski definition) is 2. The predicted molar refractivity (Wildman–Crippen MR) is 61.9 cm³/mol. The van der Waals surface area contributed by atoms with E-state index in [0.29, 0.717) is 11.8 Å². The molecule has 0 aromatic heterocycles. The molecule has 1 aliphatic carbocycles. The summed E-state index contributed by atoms with van der Waals surface area (Å²) in [6, 6.07) is 8.11. The minimum absolute atomic E-state index is 0.202. The van der Waals surface area contributed by atoms with Crippen LogP contribution in [0.1, 0.15) is 24.8 Å². The van der Waals surface area contributed by atoms with Gasteiger partial charge < -0.3 is 11.1 Å². The first-order valence-corrected chi connectivity index (χ1v) is 5.54. The van der Waals surface area contributed by atoms with Crippen LogP contribution in [0.25, 0.3) is 0 Å². The van der Waals surface area contributed by atoms with E-state index in [1.54, 1.807) is 0 Å². The van der Waals surface area contributed by atoms with Gasteiger partial charge in [0.2, 0.25) is 0 Å². The molecule has 0 spiro atoms. The van der Waals surface area contributed by atoms with Gasteiger partial charge in [-0.1, -0.05) is 18.6 Å². The zero-order valence-corrected chi connectivity index (χ0v) is 8.61. The zero-order valence-electron chi connectivity index (χ0n) is 8.61. The molecule has 1 heterocycles. The molecule has 3 nitrogen and oxygen atoms in total. The Morgan fingerprint density at radius 3 is 2.80 bits per heavy atom. The summed E-state index contributed by atoms with van der Waals surface area (Å²) in [7, 11) is 0. The van der Waals surface area contributed by atoms with E-state index >= 15 is 0 Å². The third-order valence-corrected chi connectivity index (χ3v) is 3.38. The van der Waals surface area contributed by atoms with Crippen LogP contribution in [0.2, 0.25) is 0 Å². The third kappa shape index (κ3) is 1.39. The van der Waals surface area contributed by atoms with Crippen LogP contribution < -0.4 is 11.1 Å². The molecule has 1 fully saturated rings. The number of fused-ring (bicyclic) bond motifs is 1. The Hall–Kier alpha value is -1.51.